The molecule has 0 aromatic heterocycles. The zero-order valence-electron chi connectivity index (χ0n) is 14.0. The van der Waals surface area contributed by atoms with Gasteiger partial charge in [0.05, 0.1) is 0 Å². The molecule has 1 atom stereocenters. The van der Waals surface area contributed by atoms with E-state index in [-0.39, 0.29) is 12.5 Å². The highest BCUT2D eigenvalue weighted by molar-refractivity contribution is 9.10. The van der Waals surface area contributed by atoms with Crippen molar-refractivity contribution in [2.45, 2.75) is 12.5 Å². The molecule has 0 unspecified atom stereocenters. The molecule has 132 valence electrons. The molecule has 0 saturated carbocycles. The lowest BCUT2D eigenvalue weighted by Crippen LogP contribution is -2.44. The van der Waals surface area contributed by atoms with Gasteiger partial charge in [0.25, 0.3) is 5.91 Å². The van der Waals surface area contributed by atoms with Crippen LogP contribution in [0.15, 0.2) is 54.0 Å². The van der Waals surface area contributed by atoms with Crippen molar-refractivity contribution in [1.29, 1.82) is 0 Å². The zero-order chi connectivity index (χ0) is 18.6. The number of amides is 4. The third-order valence-corrected chi connectivity index (χ3v) is 4.57. The number of nitrogens with zero attached hydrogens (tertiary/aromatic N) is 2. The molecule has 1 aliphatic rings. The topological polar surface area (TPSA) is 69.7 Å². The van der Waals surface area contributed by atoms with Crippen molar-refractivity contribution < 1.29 is 14.4 Å². The fraction of sp³-hybridized carbons (Fsp3) is 0.278. The molecule has 2 rings (SSSR count). The van der Waals surface area contributed by atoms with Crippen LogP contribution in [-0.2, 0) is 15.1 Å². The van der Waals surface area contributed by atoms with Crippen LogP contribution in [0.25, 0.3) is 0 Å². The Bertz CT molecular complexity index is 707. The standard InChI is InChI=1S/C18H20BrN3O3/c1-4-10-21(11-5-2)15(23)12-22-16(24)18(3,20-17(22)25)13-6-8-14(19)9-7-13/h4-9H,1-2,10-12H2,3H3,(H,20,25)/t18-/m1/s1. The third kappa shape index (κ3) is 3.82. The monoisotopic (exact) mass is 405 g/mol. The average Bonchev–Trinajstić information content (AvgIpc) is 2.79. The van der Waals surface area contributed by atoms with E-state index in [1.807, 2.05) is 0 Å². The van der Waals surface area contributed by atoms with Crippen LogP contribution in [0.1, 0.15) is 12.5 Å². The highest BCUT2D eigenvalue weighted by Crippen LogP contribution is 2.29. The van der Waals surface area contributed by atoms with Crippen LogP contribution in [0.4, 0.5) is 4.79 Å². The minimum Gasteiger partial charge on any atom is -0.334 e. The maximum absolute atomic E-state index is 12.8. The molecule has 0 aliphatic carbocycles. The molecule has 4 amide bonds. The van der Waals surface area contributed by atoms with Gasteiger partial charge in [-0.05, 0) is 24.6 Å². The molecule has 1 fully saturated rings. The lowest BCUT2D eigenvalue weighted by molar-refractivity contribution is -0.138. The highest BCUT2D eigenvalue weighted by atomic mass is 79.9. The Morgan fingerprint density at radius 2 is 1.80 bits per heavy atom. The van der Waals surface area contributed by atoms with Crippen LogP contribution in [0.3, 0.4) is 0 Å². The molecule has 0 bridgehead atoms. The van der Waals surface area contributed by atoms with E-state index >= 15 is 0 Å². The van der Waals surface area contributed by atoms with E-state index < -0.39 is 17.5 Å². The number of urea groups is 1. The number of benzene rings is 1. The average molecular weight is 406 g/mol. The number of carbonyl (C=O) groups is 3. The number of hydrogen-bond acceptors (Lipinski definition) is 3. The normalized spacial score (nSPS) is 19.5. The number of carbonyl (C=O) groups excluding carboxylic acids is 3. The first-order valence-corrected chi connectivity index (χ1v) is 8.52. The summed E-state index contributed by atoms with van der Waals surface area (Å²) < 4.78 is 0.869. The van der Waals surface area contributed by atoms with Crippen LogP contribution in [0.5, 0.6) is 0 Å². The van der Waals surface area contributed by atoms with Crippen molar-refractivity contribution in [3.05, 3.63) is 59.6 Å². The summed E-state index contributed by atoms with van der Waals surface area (Å²) in [7, 11) is 0. The number of halogens is 1. The number of hydrogen-bond donors (Lipinski definition) is 1. The van der Waals surface area contributed by atoms with Gasteiger partial charge in [-0.1, -0.05) is 40.2 Å². The summed E-state index contributed by atoms with van der Waals surface area (Å²) in [5, 5.41) is 2.69. The van der Waals surface area contributed by atoms with Crippen LogP contribution in [0.2, 0.25) is 0 Å². The smallest absolute Gasteiger partial charge is 0.325 e. The molecule has 6 nitrogen and oxygen atoms in total. The Morgan fingerprint density at radius 3 is 2.32 bits per heavy atom. The first-order chi connectivity index (χ1) is 11.8. The van der Waals surface area contributed by atoms with Gasteiger partial charge in [0.15, 0.2) is 0 Å². The van der Waals surface area contributed by atoms with Gasteiger partial charge in [0.1, 0.15) is 12.1 Å². The van der Waals surface area contributed by atoms with Gasteiger partial charge in [0, 0.05) is 17.6 Å². The van der Waals surface area contributed by atoms with Crippen molar-refractivity contribution >= 4 is 33.8 Å². The molecule has 0 radical (unpaired) electrons. The molecule has 1 heterocycles. The van der Waals surface area contributed by atoms with Gasteiger partial charge in [-0.25, -0.2) is 4.79 Å². The van der Waals surface area contributed by atoms with Crippen LogP contribution >= 0.6 is 15.9 Å². The van der Waals surface area contributed by atoms with Crippen molar-refractivity contribution in [1.82, 2.24) is 15.1 Å². The minimum atomic E-state index is -1.19. The summed E-state index contributed by atoms with van der Waals surface area (Å²) in [5.41, 5.74) is -0.544. The first kappa shape index (κ1) is 18.9. The molecule has 1 aromatic rings. The summed E-state index contributed by atoms with van der Waals surface area (Å²) in [5.74, 6) is -0.798. The molecular weight excluding hydrogens is 386 g/mol. The largest absolute Gasteiger partial charge is 0.334 e. The van der Waals surface area contributed by atoms with E-state index in [1.165, 1.54) is 4.90 Å². The van der Waals surface area contributed by atoms with Gasteiger partial charge in [-0.15, -0.1) is 13.2 Å². The van der Waals surface area contributed by atoms with Crippen LogP contribution in [0, 0.1) is 0 Å². The Balaban J connectivity index is 2.20. The second kappa shape index (κ2) is 7.65. The van der Waals surface area contributed by atoms with Crippen LogP contribution < -0.4 is 5.32 Å². The summed E-state index contributed by atoms with van der Waals surface area (Å²) in [6.07, 6.45) is 3.17. The lowest BCUT2D eigenvalue weighted by Gasteiger charge is -2.24. The predicted octanol–water partition coefficient (Wildman–Crippen LogP) is 2.42. The lowest BCUT2D eigenvalue weighted by atomic mass is 9.92. The number of rotatable bonds is 7. The fourth-order valence-corrected chi connectivity index (χ4v) is 2.91. The Labute approximate surface area is 155 Å². The summed E-state index contributed by atoms with van der Waals surface area (Å²) in [6.45, 7) is 9.16. The SMILES string of the molecule is C=CCN(CC=C)C(=O)CN1C(=O)N[C@](C)(c2ccc(Br)cc2)C1=O. The first-order valence-electron chi connectivity index (χ1n) is 7.73. The Hall–Kier alpha value is -2.41. The van der Waals surface area contributed by atoms with Crippen molar-refractivity contribution in [3.8, 4) is 0 Å². The zero-order valence-corrected chi connectivity index (χ0v) is 15.6. The van der Waals surface area contributed by atoms with E-state index in [0.717, 1.165) is 9.37 Å². The maximum Gasteiger partial charge on any atom is 0.325 e. The molecule has 1 aromatic carbocycles. The van der Waals surface area contributed by atoms with Gasteiger partial charge >= 0.3 is 6.03 Å². The van der Waals surface area contributed by atoms with E-state index in [1.54, 1.807) is 43.3 Å². The van der Waals surface area contributed by atoms with Gasteiger partial charge < -0.3 is 10.2 Å². The van der Waals surface area contributed by atoms with Gasteiger partial charge in [-0.3, -0.25) is 14.5 Å². The molecule has 7 heteroatoms. The van der Waals surface area contributed by atoms with E-state index in [9.17, 15) is 14.4 Å². The van der Waals surface area contributed by atoms with Gasteiger partial charge in [0.2, 0.25) is 5.91 Å². The highest BCUT2D eigenvalue weighted by Gasteiger charge is 2.49. The van der Waals surface area contributed by atoms with E-state index in [2.05, 4.69) is 34.4 Å². The van der Waals surface area contributed by atoms with Crippen LogP contribution in [-0.4, -0.2) is 47.3 Å². The van der Waals surface area contributed by atoms with Crippen molar-refractivity contribution in [3.63, 3.8) is 0 Å². The van der Waals surface area contributed by atoms with Crippen molar-refractivity contribution in [2.75, 3.05) is 19.6 Å². The van der Waals surface area contributed by atoms with E-state index in [0.29, 0.717) is 18.7 Å². The molecule has 1 saturated heterocycles. The molecule has 1 aliphatic heterocycles. The number of imide groups is 1. The number of nitrogens with one attached hydrogen (secondary N) is 1. The Morgan fingerprint density at radius 1 is 1.24 bits per heavy atom. The quantitative estimate of drug-likeness (QED) is 0.559. The summed E-state index contributed by atoms with van der Waals surface area (Å²) >= 11 is 3.34. The second-order valence-electron chi connectivity index (χ2n) is 5.83. The fourth-order valence-electron chi connectivity index (χ4n) is 2.64. The minimum absolute atomic E-state index is 0.318. The van der Waals surface area contributed by atoms with Crippen molar-refractivity contribution in [2.24, 2.45) is 0 Å². The maximum atomic E-state index is 12.8. The predicted molar refractivity (Wildman–Crippen MR) is 98.7 cm³/mol. The Kier molecular flexibility index (Phi) is 5.79. The molecular formula is C18H20BrN3O3. The summed E-state index contributed by atoms with van der Waals surface area (Å²) in [4.78, 5) is 39.9. The second-order valence-corrected chi connectivity index (χ2v) is 6.75. The third-order valence-electron chi connectivity index (χ3n) is 4.04. The van der Waals surface area contributed by atoms with Gasteiger partial charge in [-0.2, -0.15) is 0 Å². The summed E-state index contributed by atoms with van der Waals surface area (Å²) in [6, 6.07) is 6.53. The van der Waals surface area contributed by atoms with E-state index in [4.69, 9.17) is 0 Å². The molecule has 0 spiro atoms. The molecule has 25 heavy (non-hydrogen) atoms. The molecule has 1 N–H and O–H groups in total.